The summed E-state index contributed by atoms with van der Waals surface area (Å²) in [6, 6.07) is -3.93. The minimum atomic E-state index is -1.22. The first-order valence-electron chi connectivity index (χ1n) is 13.8. The predicted octanol–water partition coefficient (Wildman–Crippen LogP) is 0.937. The van der Waals surface area contributed by atoms with Gasteiger partial charge in [-0.1, -0.05) is 39.5 Å². The maximum atomic E-state index is 13.7. The van der Waals surface area contributed by atoms with Gasteiger partial charge in [-0.15, -0.1) is 0 Å². The molecule has 0 aromatic heterocycles. The van der Waals surface area contributed by atoms with Crippen LogP contribution >= 0.6 is 12.6 Å². The van der Waals surface area contributed by atoms with Crippen molar-refractivity contribution in [2.75, 3.05) is 12.3 Å². The Morgan fingerprint density at radius 3 is 2.15 bits per heavy atom. The van der Waals surface area contributed by atoms with Crippen molar-refractivity contribution in [3.8, 4) is 0 Å². The average molecular weight is 571 g/mol. The molecule has 0 bridgehead atoms. The third kappa shape index (κ3) is 9.40. The molecular weight excluding hydrogens is 528 g/mol. The molecule has 13 heteroatoms. The van der Waals surface area contributed by atoms with Crippen LogP contribution < -0.4 is 16.0 Å². The molecule has 220 valence electrons. The van der Waals surface area contributed by atoms with Crippen molar-refractivity contribution < 1.29 is 39.0 Å². The van der Waals surface area contributed by atoms with Crippen LogP contribution in [0, 0.1) is 11.8 Å². The second kappa shape index (κ2) is 15.7. The van der Waals surface area contributed by atoms with E-state index in [1.165, 1.54) is 4.90 Å². The Morgan fingerprint density at radius 1 is 0.923 bits per heavy atom. The normalized spacial score (nSPS) is 20.8. The Hall–Kier alpha value is -2.83. The van der Waals surface area contributed by atoms with Gasteiger partial charge in [0.15, 0.2) is 0 Å². The van der Waals surface area contributed by atoms with Crippen molar-refractivity contribution in [3.05, 3.63) is 0 Å². The summed E-state index contributed by atoms with van der Waals surface area (Å²) in [7, 11) is 0. The molecule has 5 N–H and O–H groups in total. The van der Waals surface area contributed by atoms with E-state index in [4.69, 9.17) is 5.11 Å². The molecule has 2 fully saturated rings. The maximum absolute atomic E-state index is 13.7. The lowest BCUT2D eigenvalue weighted by Gasteiger charge is -2.34. The molecule has 1 aliphatic heterocycles. The van der Waals surface area contributed by atoms with Crippen LogP contribution in [-0.4, -0.2) is 87.1 Å². The number of hydrogen-bond donors (Lipinski definition) is 6. The van der Waals surface area contributed by atoms with Crippen LogP contribution in [0.3, 0.4) is 0 Å². The summed E-state index contributed by atoms with van der Waals surface area (Å²) in [5.74, 6) is -4.93. The van der Waals surface area contributed by atoms with E-state index in [2.05, 4.69) is 28.6 Å². The van der Waals surface area contributed by atoms with Crippen LogP contribution in [0.2, 0.25) is 0 Å². The highest BCUT2D eigenvalue weighted by molar-refractivity contribution is 7.80. The fraction of sp³-hybridized carbons (Fsp3) is 0.769. The van der Waals surface area contributed by atoms with Gasteiger partial charge in [0.1, 0.15) is 24.2 Å². The first kappa shape index (κ1) is 32.4. The summed E-state index contributed by atoms with van der Waals surface area (Å²) in [5, 5.41) is 26.2. The van der Waals surface area contributed by atoms with Crippen molar-refractivity contribution >= 4 is 48.2 Å². The summed E-state index contributed by atoms with van der Waals surface area (Å²) < 4.78 is 0. The molecular formula is C26H42N4O8S. The Morgan fingerprint density at radius 2 is 1.59 bits per heavy atom. The van der Waals surface area contributed by atoms with Gasteiger partial charge in [0, 0.05) is 18.7 Å². The Kier molecular flexibility index (Phi) is 13.0. The highest BCUT2D eigenvalue weighted by Gasteiger charge is 2.41. The first-order valence-corrected chi connectivity index (χ1v) is 14.4. The zero-order chi connectivity index (χ0) is 29.1. The number of likely N-dealkylation sites (tertiary alicyclic amines) is 1. The lowest BCUT2D eigenvalue weighted by atomic mass is 9.83. The highest BCUT2D eigenvalue weighted by atomic mass is 32.1. The Balaban J connectivity index is 2.21. The van der Waals surface area contributed by atoms with E-state index in [0.717, 1.165) is 32.1 Å². The number of hydrogen-bond acceptors (Lipinski definition) is 7. The fourth-order valence-corrected chi connectivity index (χ4v) is 5.44. The molecule has 1 saturated carbocycles. The van der Waals surface area contributed by atoms with Gasteiger partial charge < -0.3 is 31.1 Å². The fourth-order valence-electron chi connectivity index (χ4n) is 5.19. The SMILES string of the molecule is CC[C@H](C)[C@H](NC(=O)[C@@H](NC(=O)CCC(=O)O)C1CCCCC1)C(=O)N1CCC[C@H]1C(=O)N[C@@H](CS)C(=O)O. The molecule has 1 saturated heterocycles. The maximum Gasteiger partial charge on any atom is 0.327 e. The second-order valence-corrected chi connectivity index (χ2v) is 10.8. The van der Waals surface area contributed by atoms with Crippen molar-refractivity contribution in [2.45, 2.75) is 102 Å². The number of nitrogens with zero attached hydrogens (tertiary/aromatic N) is 1. The van der Waals surface area contributed by atoms with Crippen LogP contribution in [0.5, 0.6) is 0 Å². The van der Waals surface area contributed by atoms with Crippen LogP contribution in [0.25, 0.3) is 0 Å². The smallest absolute Gasteiger partial charge is 0.327 e. The standard InChI is InChI=1S/C26H42N4O8S/c1-3-15(2)21(25(36)30-13-7-10-18(30)23(34)27-17(14-39)26(37)38)29-24(35)22(16-8-5-4-6-9-16)28-19(31)11-12-20(32)33/h15-18,21-22,39H,3-14H2,1-2H3,(H,27,34)(H,28,31)(H,29,35)(H,32,33)(H,37,38)/t15-,17-,18-,21-,22-/m0/s1. The summed E-state index contributed by atoms with van der Waals surface area (Å²) in [6.07, 6.45) is 5.15. The highest BCUT2D eigenvalue weighted by Crippen LogP contribution is 2.28. The Labute approximate surface area is 234 Å². The van der Waals surface area contributed by atoms with E-state index in [1.807, 2.05) is 13.8 Å². The Bertz CT molecular complexity index is 910. The molecule has 4 amide bonds. The van der Waals surface area contributed by atoms with E-state index < -0.39 is 59.7 Å². The third-order valence-electron chi connectivity index (χ3n) is 7.70. The number of thiol groups is 1. The largest absolute Gasteiger partial charge is 0.481 e. The topological polar surface area (TPSA) is 182 Å². The van der Waals surface area contributed by atoms with Gasteiger partial charge in [-0.25, -0.2) is 4.79 Å². The van der Waals surface area contributed by atoms with Gasteiger partial charge in [-0.2, -0.15) is 12.6 Å². The van der Waals surface area contributed by atoms with Gasteiger partial charge in [-0.3, -0.25) is 24.0 Å². The van der Waals surface area contributed by atoms with Crippen molar-refractivity contribution in [2.24, 2.45) is 11.8 Å². The van der Waals surface area contributed by atoms with Crippen LogP contribution in [0.15, 0.2) is 0 Å². The molecule has 0 unspecified atom stereocenters. The average Bonchev–Trinajstić information content (AvgIpc) is 3.41. The molecule has 0 aromatic rings. The lowest BCUT2D eigenvalue weighted by Crippen LogP contribution is -2.60. The van der Waals surface area contributed by atoms with Gasteiger partial charge in [0.05, 0.1) is 6.42 Å². The second-order valence-electron chi connectivity index (χ2n) is 10.5. The quantitative estimate of drug-likeness (QED) is 0.167. The molecule has 2 aliphatic rings. The lowest BCUT2D eigenvalue weighted by molar-refractivity contribution is -0.145. The number of carbonyl (C=O) groups excluding carboxylic acids is 4. The van der Waals surface area contributed by atoms with E-state index in [1.54, 1.807) is 0 Å². The molecule has 0 spiro atoms. The molecule has 39 heavy (non-hydrogen) atoms. The number of carboxylic acid groups (broad SMARTS) is 2. The number of amides is 4. The van der Waals surface area contributed by atoms with Crippen LogP contribution in [0.1, 0.15) is 78.1 Å². The van der Waals surface area contributed by atoms with Crippen molar-refractivity contribution in [3.63, 3.8) is 0 Å². The monoisotopic (exact) mass is 570 g/mol. The number of carbonyl (C=O) groups is 6. The molecule has 0 radical (unpaired) electrons. The molecule has 1 heterocycles. The summed E-state index contributed by atoms with van der Waals surface area (Å²) >= 11 is 3.97. The molecule has 1 aliphatic carbocycles. The van der Waals surface area contributed by atoms with Gasteiger partial charge in [0.25, 0.3) is 0 Å². The van der Waals surface area contributed by atoms with E-state index in [0.29, 0.717) is 19.3 Å². The van der Waals surface area contributed by atoms with E-state index in [9.17, 15) is 33.9 Å². The number of nitrogens with one attached hydrogen (secondary N) is 3. The van der Waals surface area contributed by atoms with Crippen molar-refractivity contribution in [1.29, 1.82) is 0 Å². The summed E-state index contributed by atoms with van der Waals surface area (Å²) in [4.78, 5) is 76.3. The molecule has 0 aromatic carbocycles. The molecule has 12 nitrogen and oxygen atoms in total. The number of carboxylic acids is 2. The predicted molar refractivity (Wildman–Crippen MR) is 145 cm³/mol. The van der Waals surface area contributed by atoms with Crippen molar-refractivity contribution in [1.82, 2.24) is 20.9 Å². The van der Waals surface area contributed by atoms with E-state index >= 15 is 0 Å². The minimum absolute atomic E-state index is 0.103. The molecule has 2 rings (SSSR count). The van der Waals surface area contributed by atoms with Gasteiger partial charge in [0.2, 0.25) is 23.6 Å². The van der Waals surface area contributed by atoms with Gasteiger partial charge in [-0.05, 0) is 37.5 Å². The third-order valence-corrected chi connectivity index (χ3v) is 8.06. The number of rotatable bonds is 14. The van der Waals surface area contributed by atoms with E-state index in [-0.39, 0.29) is 37.0 Å². The van der Waals surface area contributed by atoms with Crippen LogP contribution in [0.4, 0.5) is 0 Å². The summed E-state index contributed by atoms with van der Waals surface area (Å²) in [6.45, 7) is 3.98. The first-order chi connectivity index (χ1) is 18.5. The zero-order valence-electron chi connectivity index (χ0n) is 22.7. The van der Waals surface area contributed by atoms with Gasteiger partial charge >= 0.3 is 11.9 Å². The zero-order valence-corrected chi connectivity index (χ0v) is 23.6. The van der Waals surface area contributed by atoms with Crippen LogP contribution in [-0.2, 0) is 28.8 Å². The number of aliphatic carboxylic acids is 2. The minimum Gasteiger partial charge on any atom is -0.481 e. The molecule has 5 atom stereocenters. The summed E-state index contributed by atoms with van der Waals surface area (Å²) in [5.41, 5.74) is 0.